The molecule has 0 bridgehead atoms. The average Bonchev–Trinajstić information content (AvgIpc) is 2.88. The summed E-state index contributed by atoms with van der Waals surface area (Å²) in [4.78, 5) is 3.98. The lowest BCUT2D eigenvalue weighted by Crippen LogP contribution is -2.62. The third-order valence-electron chi connectivity index (χ3n) is 3.95. The smallest absolute Gasteiger partial charge is 0.373 e. The molecule has 5 nitrogen and oxygen atoms in total. The predicted molar refractivity (Wildman–Crippen MR) is 79.2 cm³/mol. The molecule has 2 aliphatic heterocycles. The van der Waals surface area contributed by atoms with E-state index < -0.39 is 20.3 Å². The topological polar surface area (TPSA) is 59.5 Å². The highest BCUT2D eigenvalue weighted by Gasteiger charge is 2.59. The Morgan fingerprint density at radius 1 is 1.43 bits per heavy atom. The van der Waals surface area contributed by atoms with Crippen molar-refractivity contribution in [2.75, 3.05) is 18.8 Å². The van der Waals surface area contributed by atoms with E-state index in [1.807, 2.05) is 6.07 Å². The van der Waals surface area contributed by atoms with Gasteiger partial charge >= 0.3 is 15.5 Å². The van der Waals surface area contributed by atoms with E-state index in [9.17, 15) is 21.6 Å². The van der Waals surface area contributed by atoms with Crippen LogP contribution in [-0.4, -0.2) is 52.9 Å². The van der Waals surface area contributed by atoms with Gasteiger partial charge in [-0.2, -0.15) is 17.5 Å². The number of thioether (sulfide) groups is 1. The number of alkyl halides is 3. The van der Waals surface area contributed by atoms with Crippen molar-refractivity contribution in [2.45, 2.75) is 29.4 Å². The highest BCUT2D eigenvalue weighted by atomic mass is 32.2. The standard InChI is InChI=1S/C13H15F3N2O3S2/c14-13(15,16)23(19,20)18-8-12(9-18)4-11(7-22-12)21-6-10-2-1-3-17-5-10/h1-3,5,11H,4,6-9H2/t11-/m0/s1. The summed E-state index contributed by atoms with van der Waals surface area (Å²) in [5.41, 5.74) is -4.30. The van der Waals surface area contributed by atoms with Crippen LogP contribution in [0.2, 0.25) is 0 Å². The highest BCUT2D eigenvalue weighted by Crippen LogP contribution is 2.48. The molecule has 1 spiro atoms. The fourth-order valence-electron chi connectivity index (χ4n) is 2.74. The molecule has 128 valence electrons. The zero-order valence-electron chi connectivity index (χ0n) is 12.0. The van der Waals surface area contributed by atoms with Crippen molar-refractivity contribution in [2.24, 2.45) is 0 Å². The van der Waals surface area contributed by atoms with Gasteiger partial charge in [-0.15, -0.1) is 11.8 Å². The Labute approximate surface area is 136 Å². The van der Waals surface area contributed by atoms with E-state index in [0.717, 1.165) is 5.56 Å². The Hall–Kier alpha value is -0.840. The summed E-state index contributed by atoms with van der Waals surface area (Å²) in [6, 6.07) is 3.68. The Morgan fingerprint density at radius 3 is 2.78 bits per heavy atom. The van der Waals surface area contributed by atoms with Crippen molar-refractivity contribution in [1.82, 2.24) is 9.29 Å². The molecule has 1 aromatic heterocycles. The fraction of sp³-hybridized carbons (Fsp3) is 0.615. The zero-order valence-corrected chi connectivity index (χ0v) is 13.6. The Morgan fingerprint density at radius 2 is 2.17 bits per heavy atom. The first-order valence-electron chi connectivity index (χ1n) is 6.93. The molecule has 0 unspecified atom stereocenters. The number of sulfonamides is 1. The second kappa shape index (κ2) is 5.91. The molecule has 2 fully saturated rings. The second-order valence-electron chi connectivity index (χ2n) is 5.71. The van der Waals surface area contributed by atoms with Crippen molar-refractivity contribution < 1.29 is 26.3 Å². The maximum atomic E-state index is 12.5. The number of hydrogen-bond donors (Lipinski definition) is 0. The van der Waals surface area contributed by atoms with Crippen LogP contribution in [0.1, 0.15) is 12.0 Å². The van der Waals surface area contributed by atoms with E-state index in [-0.39, 0.29) is 19.2 Å². The lowest BCUT2D eigenvalue weighted by atomic mass is 9.95. The number of nitrogens with zero attached hydrogens (tertiary/aromatic N) is 2. The minimum absolute atomic E-state index is 0.0871. The van der Waals surface area contributed by atoms with E-state index in [2.05, 4.69) is 4.98 Å². The summed E-state index contributed by atoms with van der Waals surface area (Å²) < 4.78 is 65.9. The van der Waals surface area contributed by atoms with Crippen molar-refractivity contribution in [1.29, 1.82) is 0 Å². The van der Waals surface area contributed by atoms with Gasteiger partial charge in [0, 0.05) is 36.0 Å². The van der Waals surface area contributed by atoms with Crippen LogP contribution in [0.15, 0.2) is 24.5 Å². The number of rotatable bonds is 4. The van der Waals surface area contributed by atoms with Crippen molar-refractivity contribution in [3.05, 3.63) is 30.1 Å². The molecule has 3 heterocycles. The summed E-state index contributed by atoms with van der Waals surface area (Å²) in [6.07, 6.45) is 3.82. The summed E-state index contributed by atoms with van der Waals surface area (Å²) >= 11 is 1.49. The lowest BCUT2D eigenvalue weighted by Gasteiger charge is -2.46. The molecule has 0 aliphatic carbocycles. The lowest BCUT2D eigenvalue weighted by molar-refractivity contribution is -0.0521. The Kier molecular flexibility index (Phi) is 4.36. The monoisotopic (exact) mass is 368 g/mol. The van der Waals surface area contributed by atoms with Crippen molar-refractivity contribution >= 4 is 21.8 Å². The maximum Gasteiger partial charge on any atom is 0.511 e. The Bertz CT molecular complexity index is 661. The summed E-state index contributed by atoms with van der Waals surface area (Å²) in [7, 11) is -5.20. The maximum absolute atomic E-state index is 12.5. The van der Waals surface area contributed by atoms with E-state index in [1.54, 1.807) is 18.5 Å². The SMILES string of the molecule is O=S(=O)(N1CC2(C[C@H](OCc3cccnc3)CS2)C1)C(F)(F)F. The minimum Gasteiger partial charge on any atom is -0.373 e. The van der Waals surface area contributed by atoms with Crippen LogP contribution in [-0.2, 0) is 21.4 Å². The van der Waals surface area contributed by atoms with Crippen molar-refractivity contribution in [3.8, 4) is 0 Å². The van der Waals surface area contributed by atoms with Crippen LogP contribution in [0.3, 0.4) is 0 Å². The van der Waals surface area contributed by atoms with Crippen LogP contribution in [0.5, 0.6) is 0 Å². The van der Waals surface area contributed by atoms with E-state index in [1.165, 1.54) is 11.8 Å². The van der Waals surface area contributed by atoms with Gasteiger partial charge in [0.25, 0.3) is 0 Å². The van der Waals surface area contributed by atoms with Gasteiger partial charge in [0.15, 0.2) is 0 Å². The first kappa shape index (κ1) is 17.0. The molecule has 3 rings (SSSR count). The number of halogens is 3. The normalized spacial score (nSPS) is 24.7. The molecule has 1 aromatic rings. The van der Waals surface area contributed by atoms with Crippen LogP contribution >= 0.6 is 11.8 Å². The van der Waals surface area contributed by atoms with Crippen LogP contribution in [0.25, 0.3) is 0 Å². The number of pyridine rings is 1. The molecule has 2 aliphatic rings. The van der Waals surface area contributed by atoms with Crippen LogP contribution < -0.4 is 0 Å². The first-order valence-corrected chi connectivity index (χ1v) is 9.35. The molecule has 0 radical (unpaired) electrons. The van der Waals surface area contributed by atoms with Gasteiger partial charge in [0.1, 0.15) is 0 Å². The third kappa shape index (κ3) is 3.35. The van der Waals surface area contributed by atoms with Gasteiger partial charge in [-0.05, 0) is 18.1 Å². The van der Waals surface area contributed by atoms with Gasteiger partial charge in [0.2, 0.25) is 0 Å². The van der Waals surface area contributed by atoms with E-state index in [0.29, 0.717) is 23.1 Å². The molecule has 0 saturated carbocycles. The highest BCUT2D eigenvalue weighted by molar-refractivity contribution is 8.01. The van der Waals surface area contributed by atoms with Gasteiger partial charge < -0.3 is 4.74 Å². The third-order valence-corrected chi connectivity index (χ3v) is 7.04. The van der Waals surface area contributed by atoms with Crippen LogP contribution in [0.4, 0.5) is 13.2 Å². The van der Waals surface area contributed by atoms with Gasteiger partial charge in [-0.25, -0.2) is 8.42 Å². The van der Waals surface area contributed by atoms with Gasteiger partial charge in [-0.1, -0.05) is 6.07 Å². The molecular formula is C13H15F3N2O3S2. The van der Waals surface area contributed by atoms with Gasteiger partial charge in [0.05, 0.1) is 12.7 Å². The van der Waals surface area contributed by atoms with Gasteiger partial charge in [-0.3, -0.25) is 4.98 Å². The predicted octanol–water partition coefficient (Wildman–Crippen LogP) is 2.01. The molecule has 0 aromatic carbocycles. The largest absolute Gasteiger partial charge is 0.511 e. The summed E-state index contributed by atoms with van der Waals surface area (Å²) in [6.45, 7) is 0.179. The molecule has 0 N–H and O–H groups in total. The van der Waals surface area contributed by atoms with E-state index >= 15 is 0 Å². The molecule has 2 saturated heterocycles. The minimum atomic E-state index is -5.23. The zero-order chi connectivity index (χ0) is 16.7. The first-order chi connectivity index (χ1) is 10.7. The number of hydrogen-bond acceptors (Lipinski definition) is 5. The Balaban J connectivity index is 1.52. The number of aromatic nitrogens is 1. The quantitative estimate of drug-likeness (QED) is 0.814. The average molecular weight is 368 g/mol. The summed E-state index contributed by atoms with van der Waals surface area (Å²) in [5.74, 6) is 0.653. The molecule has 0 amide bonds. The van der Waals surface area contributed by atoms with Crippen LogP contribution in [0, 0.1) is 0 Å². The van der Waals surface area contributed by atoms with E-state index in [4.69, 9.17) is 4.74 Å². The summed E-state index contributed by atoms with van der Waals surface area (Å²) in [5, 5.41) is 0. The molecule has 10 heteroatoms. The van der Waals surface area contributed by atoms with Crippen molar-refractivity contribution in [3.63, 3.8) is 0 Å². The second-order valence-corrected chi connectivity index (χ2v) is 9.13. The number of ether oxygens (including phenoxy) is 1. The molecule has 1 atom stereocenters. The molecular weight excluding hydrogens is 353 g/mol. The molecule has 23 heavy (non-hydrogen) atoms. The fourth-order valence-corrected chi connectivity index (χ4v) is 5.58.